The second-order valence-corrected chi connectivity index (χ2v) is 6.15. The molecule has 0 bridgehead atoms. The third kappa shape index (κ3) is 18.4. The van der Waals surface area contributed by atoms with E-state index in [0.717, 1.165) is 18.9 Å². The number of aliphatic carboxylic acids is 1. The summed E-state index contributed by atoms with van der Waals surface area (Å²) in [6.07, 6.45) is 27.6. The van der Waals surface area contributed by atoms with Gasteiger partial charge in [-0.05, 0) is 12.8 Å². The third-order valence-corrected chi connectivity index (χ3v) is 3.83. The molecule has 1 atom stereocenters. The molecule has 0 aliphatic rings. The van der Waals surface area contributed by atoms with Crippen LogP contribution in [0.2, 0.25) is 0 Å². The molecule has 0 aromatic carbocycles. The number of unbranched alkanes of at least 4 members (excludes halogenated alkanes) is 6. The summed E-state index contributed by atoms with van der Waals surface area (Å²) in [5.74, 6) is -0.958. The van der Waals surface area contributed by atoms with Crippen LogP contribution in [0.1, 0.15) is 64.7 Å². The van der Waals surface area contributed by atoms with E-state index >= 15 is 0 Å². The van der Waals surface area contributed by atoms with Crippen LogP contribution in [0.15, 0.2) is 60.8 Å². The highest BCUT2D eigenvalue weighted by Crippen LogP contribution is 2.13. The standard InChI is InChI=1S/C22H34O4/c1-2-3-4-5-9-12-15-18-21(26-25)19-16-13-10-7-6-8-11-14-17-20-22(23)24/h6-8,10-11,13-14,16-17,20-21,25H,2-5,9,12,15,18-19H2,1H3,(H,23,24). The topological polar surface area (TPSA) is 66.8 Å². The van der Waals surface area contributed by atoms with Crippen LogP contribution in [0.5, 0.6) is 0 Å². The molecular formula is C22H34O4. The molecule has 4 heteroatoms. The molecule has 0 amide bonds. The van der Waals surface area contributed by atoms with Crippen LogP contribution in [-0.4, -0.2) is 22.4 Å². The Hall–Kier alpha value is -1.91. The average molecular weight is 363 g/mol. The lowest BCUT2D eigenvalue weighted by Gasteiger charge is -2.10. The first-order chi connectivity index (χ1) is 12.7. The average Bonchev–Trinajstić information content (AvgIpc) is 2.63. The lowest BCUT2D eigenvalue weighted by atomic mass is 10.0. The van der Waals surface area contributed by atoms with E-state index in [4.69, 9.17) is 10.4 Å². The van der Waals surface area contributed by atoms with Gasteiger partial charge in [0, 0.05) is 6.08 Å². The van der Waals surface area contributed by atoms with Crippen LogP contribution in [0.3, 0.4) is 0 Å². The molecule has 0 aromatic heterocycles. The number of carboxylic acid groups (broad SMARTS) is 1. The summed E-state index contributed by atoms with van der Waals surface area (Å²) in [7, 11) is 0. The summed E-state index contributed by atoms with van der Waals surface area (Å²) in [6.45, 7) is 2.22. The summed E-state index contributed by atoms with van der Waals surface area (Å²) in [4.78, 5) is 14.8. The first-order valence-electron chi connectivity index (χ1n) is 9.57. The summed E-state index contributed by atoms with van der Waals surface area (Å²) in [5, 5.41) is 17.4. The van der Waals surface area contributed by atoms with Crippen LogP contribution in [0.25, 0.3) is 0 Å². The molecule has 2 N–H and O–H groups in total. The fraction of sp³-hybridized carbons (Fsp3) is 0.500. The van der Waals surface area contributed by atoms with Gasteiger partial charge in [-0.3, -0.25) is 5.26 Å². The van der Waals surface area contributed by atoms with Crippen molar-refractivity contribution in [1.82, 2.24) is 0 Å². The van der Waals surface area contributed by atoms with Crippen molar-refractivity contribution in [2.45, 2.75) is 70.8 Å². The Kier molecular flexibility index (Phi) is 18.0. The molecule has 4 nitrogen and oxygen atoms in total. The van der Waals surface area contributed by atoms with Gasteiger partial charge in [-0.25, -0.2) is 9.68 Å². The minimum atomic E-state index is -0.958. The van der Waals surface area contributed by atoms with Crippen molar-refractivity contribution in [3.8, 4) is 0 Å². The third-order valence-electron chi connectivity index (χ3n) is 3.83. The Morgan fingerprint density at radius 2 is 1.38 bits per heavy atom. The summed E-state index contributed by atoms with van der Waals surface area (Å²) < 4.78 is 0. The maximum Gasteiger partial charge on any atom is 0.328 e. The van der Waals surface area contributed by atoms with Crippen molar-refractivity contribution in [1.29, 1.82) is 0 Å². The molecule has 0 spiro atoms. The predicted octanol–water partition coefficient (Wildman–Crippen LogP) is 6.24. The largest absolute Gasteiger partial charge is 0.478 e. The second-order valence-electron chi connectivity index (χ2n) is 6.15. The molecule has 0 radical (unpaired) electrons. The van der Waals surface area contributed by atoms with Gasteiger partial charge in [-0.2, -0.15) is 0 Å². The molecule has 1 unspecified atom stereocenters. The SMILES string of the molecule is CCCCCCCCCC(CC=CC=CC=CC=CC=CC(=O)O)OO. The van der Waals surface area contributed by atoms with E-state index < -0.39 is 5.97 Å². The highest BCUT2D eigenvalue weighted by atomic mass is 17.1. The molecule has 0 heterocycles. The maximum absolute atomic E-state index is 10.2. The molecule has 26 heavy (non-hydrogen) atoms. The molecule has 0 rings (SSSR count). The first-order valence-corrected chi connectivity index (χ1v) is 9.57. The number of hydrogen-bond donors (Lipinski definition) is 2. The first kappa shape index (κ1) is 24.1. The van der Waals surface area contributed by atoms with Crippen molar-refractivity contribution >= 4 is 5.97 Å². The van der Waals surface area contributed by atoms with Gasteiger partial charge in [0.15, 0.2) is 0 Å². The lowest BCUT2D eigenvalue weighted by molar-refractivity contribution is -0.279. The quantitative estimate of drug-likeness (QED) is 0.112. The number of rotatable bonds is 16. The van der Waals surface area contributed by atoms with Crippen LogP contribution < -0.4 is 0 Å². The Labute approximate surface area is 158 Å². The minimum Gasteiger partial charge on any atom is -0.478 e. The van der Waals surface area contributed by atoms with E-state index in [2.05, 4.69) is 11.8 Å². The highest BCUT2D eigenvalue weighted by molar-refractivity contribution is 5.80. The van der Waals surface area contributed by atoms with Crippen LogP contribution in [0, 0.1) is 0 Å². The van der Waals surface area contributed by atoms with E-state index in [9.17, 15) is 4.79 Å². The zero-order valence-corrected chi connectivity index (χ0v) is 15.9. The zero-order valence-electron chi connectivity index (χ0n) is 15.9. The molecule has 146 valence electrons. The van der Waals surface area contributed by atoms with Crippen LogP contribution in [0.4, 0.5) is 0 Å². The van der Waals surface area contributed by atoms with Crippen molar-refractivity contribution in [2.75, 3.05) is 0 Å². The monoisotopic (exact) mass is 362 g/mol. The fourth-order valence-corrected chi connectivity index (χ4v) is 2.37. The molecule has 0 saturated heterocycles. The Balaban J connectivity index is 3.79. The highest BCUT2D eigenvalue weighted by Gasteiger charge is 2.06. The van der Waals surface area contributed by atoms with Gasteiger partial charge in [-0.1, -0.05) is 107 Å². The van der Waals surface area contributed by atoms with Crippen LogP contribution >= 0.6 is 0 Å². The molecule has 0 aliphatic carbocycles. The molecule has 0 aromatic rings. The van der Waals surface area contributed by atoms with E-state index in [1.807, 2.05) is 36.5 Å². The minimum absolute atomic E-state index is 0.130. The van der Waals surface area contributed by atoms with Gasteiger partial charge < -0.3 is 5.11 Å². The maximum atomic E-state index is 10.2. The van der Waals surface area contributed by atoms with Crippen molar-refractivity contribution in [2.24, 2.45) is 0 Å². The summed E-state index contributed by atoms with van der Waals surface area (Å²) in [5.41, 5.74) is 0. The molecule has 0 aliphatic heterocycles. The van der Waals surface area contributed by atoms with Crippen molar-refractivity contribution in [3.63, 3.8) is 0 Å². The fourth-order valence-electron chi connectivity index (χ4n) is 2.37. The van der Waals surface area contributed by atoms with Crippen molar-refractivity contribution in [3.05, 3.63) is 60.8 Å². The van der Waals surface area contributed by atoms with Gasteiger partial charge in [0.25, 0.3) is 0 Å². The second kappa shape index (κ2) is 19.4. The zero-order chi connectivity index (χ0) is 19.3. The van der Waals surface area contributed by atoms with E-state index in [1.165, 1.54) is 44.6 Å². The molecule has 0 fully saturated rings. The Morgan fingerprint density at radius 1 is 0.846 bits per heavy atom. The predicted molar refractivity (Wildman–Crippen MR) is 108 cm³/mol. The molecule has 0 saturated carbocycles. The van der Waals surface area contributed by atoms with Gasteiger partial charge in [0.05, 0.1) is 6.10 Å². The number of carboxylic acids is 1. The molecular weight excluding hydrogens is 328 g/mol. The van der Waals surface area contributed by atoms with E-state index in [0.29, 0.717) is 6.42 Å². The number of carbonyl (C=O) groups is 1. The normalized spacial score (nSPS) is 13.9. The van der Waals surface area contributed by atoms with Gasteiger partial charge in [-0.15, -0.1) is 0 Å². The van der Waals surface area contributed by atoms with Crippen LogP contribution in [-0.2, 0) is 9.68 Å². The van der Waals surface area contributed by atoms with Crippen molar-refractivity contribution < 1.29 is 20.0 Å². The Morgan fingerprint density at radius 3 is 1.96 bits per heavy atom. The summed E-state index contributed by atoms with van der Waals surface area (Å²) in [6, 6.07) is 0. The smallest absolute Gasteiger partial charge is 0.328 e. The van der Waals surface area contributed by atoms with Gasteiger partial charge in [0.2, 0.25) is 0 Å². The lowest BCUT2D eigenvalue weighted by Crippen LogP contribution is -2.09. The number of hydrogen-bond acceptors (Lipinski definition) is 3. The number of allylic oxidation sites excluding steroid dienone is 8. The van der Waals surface area contributed by atoms with E-state index in [-0.39, 0.29) is 6.10 Å². The van der Waals surface area contributed by atoms with E-state index in [1.54, 1.807) is 12.2 Å². The Bertz CT molecular complexity index is 473. The van der Waals surface area contributed by atoms with Gasteiger partial charge in [0.1, 0.15) is 0 Å². The van der Waals surface area contributed by atoms with Gasteiger partial charge >= 0.3 is 5.97 Å². The summed E-state index contributed by atoms with van der Waals surface area (Å²) >= 11 is 0.